The van der Waals surface area contributed by atoms with Gasteiger partial charge in [-0.1, -0.05) is 6.07 Å². The summed E-state index contributed by atoms with van der Waals surface area (Å²) in [4.78, 5) is 3.51. The third-order valence-corrected chi connectivity index (χ3v) is 3.49. The van der Waals surface area contributed by atoms with E-state index in [1.54, 1.807) is 18.4 Å². The van der Waals surface area contributed by atoms with E-state index in [1.165, 1.54) is 4.88 Å². The zero-order chi connectivity index (χ0) is 12.3. The van der Waals surface area contributed by atoms with Crippen LogP contribution in [0.3, 0.4) is 0 Å². The highest BCUT2D eigenvalue weighted by Crippen LogP contribution is 2.27. The van der Waals surface area contributed by atoms with Crippen LogP contribution in [-0.2, 0) is 6.54 Å². The molecule has 3 nitrogen and oxygen atoms in total. The van der Waals surface area contributed by atoms with Gasteiger partial charge >= 0.3 is 0 Å². The third kappa shape index (κ3) is 2.71. The molecule has 4 heteroatoms. The molecule has 0 spiro atoms. The van der Waals surface area contributed by atoms with Crippen LogP contribution in [0.5, 0.6) is 5.75 Å². The summed E-state index contributed by atoms with van der Waals surface area (Å²) in [5, 5.41) is 2.09. The van der Waals surface area contributed by atoms with Crippen molar-refractivity contribution in [1.82, 2.24) is 0 Å². The zero-order valence-electron chi connectivity index (χ0n) is 10.0. The van der Waals surface area contributed by atoms with Crippen molar-refractivity contribution in [3.05, 3.63) is 40.6 Å². The standard InChI is InChI=1S/C13H16N2OS/c1-15(9-11-4-3-7-17-11)10-5-6-12(14)13(8-10)16-2/h3-8H,9,14H2,1-2H3. The molecule has 0 amide bonds. The summed E-state index contributed by atoms with van der Waals surface area (Å²) < 4.78 is 5.22. The summed E-state index contributed by atoms with van der Waals surface area (Å²) >= 11 is 1.76. The van der Waals surface area contributed by atoms with Crippen LogP contribution in [0, 0.1) is 0 Å². The van der Waals surface area contributed by atoms with Crippen molar-refractivity contribution in [2.45, 2.75) is 6.54 Å². The minimum Gasteiger partial charge on any atom is -0.495 e. The quantitative estimate of drug-likeness (QED) is 0.845. The average Bonchev–Trinajstić information content (AvgIpc) is 2.82. The molecule has 90 valence electrons. The van der Waals surface area contributed by atoms with E-state index >= 15 is 0 Å². The van der Waals surface area contributed by atoms with E-state index in [9.17, 15) is 0 Å². The van der Waals surface area contributed by atoms with Gasteiger partial charge in [-0.05, 0) is 23.6 Å². The van der Waals surface area contributed by atoms with Gasteiger partial charge in [0.2, 0.25) is 0 Å². The summed E-state index contributed by atoms with van der Waals surface area (Å²) in [7, 11) is 3.69. The second-order valence-electron chi connectivity index (χ2n) is 3.86. The number of ether oxygens (including phenoxy) is 1. The molecule has 2 aromatic rings. The first-order valence-corrected chi connectivity index (χ1v) is 6.25. The Hall–Kier alpha value is -1.68. The topological polar surface area (TPSA) is 38.5 Å². The Bertz CT molecular complexity index is 482. The zero-order valence-corrected chi connectivity index (χ0v) is 10.8. The molecule has 2 N–H and O–H groups in total. The highest BCUT2D eigenvalue weighted by molar-refractivity contribution is 7.09. The summed E-state index contributed by atoms with van der Waals surface area (Å²) in [5.74, 6) is 0.723. The molecule has 2 rings (SSSR count). The van der Waals surface area contributed by atoms with E-state index in [4.69, 9.17) is 10.5 Å². The highest BCUT2D eigenvalue weighted by atomic mass is 32.1. The number of nitrogen functional groups attached to an aromatic ring is 1. The second kappa shape index (κ2) is 5.10. The van der Waals surface area contributed by atoms with E-state index in [1.807, 2.05) is 18.2 Å². The summed E-state index contributed by atoms with van der Waals surface area (Å²) in [6.45, 7) is 0.894. The lowest BCUT2D eigenvalue weighted by Crippen LogP contribution is -2.15. The fourth-order valence-corrected chi connectivity index (χ4v) is 2.42. The smallest absolute Gasteiger partial charge is 0.143 e. The highest BCUT2D eigenvalue weighted by Gasteiger charge is 2.06. The van der Waals surface area contributed by atoms with Crippen molar-refractivity contribution in [2.24, 2.45) is 0 Å². The van der Waals surface area contributed by atoms with E-state index in [2.05, 4.69) is 29.5 Å². The van der Waals surface area contributed by atoms with E-state index < -0.39 is 0 Å². The van der Waals surface area contributed by atoms with Crippen LogP contribution >= 0.6 is 11.3 Å². The largest absolute Gasteiger partial charge is 0.495 e. The van der Waals surface area contributed by atoms with Gasteiger partial charge in [-0.3, -0.25) is 0 Å². The average molecular weight is 248 g/mol. The number of thiophene rings is 1. The minimum absolute atomic E-state index is 0.667. The van der Waals surface area contributed by atoms with Crippen molar-refractivity contribution in [2.75, 3.05) is 24.8 Å². The van der Waals surface area contributed by atoms with Crippen LogP contribution in [0.1, 0.15) is 4.88 Å². The molecule has 1 aromatic carbocycles. The van der Waals surface area contributed by atoms with Gasteiger partial charge in [-0.25, -0.2) is 0 Å². The third-order valence-electron chi connectivity index (χ3n) is 2.63. The predicted molar refractivity (Wildman–Crippen MR) is 73.8 cm³/mol. The van der Waals surface area contributed by atoms with Gasteiger partial charge < -0.3 is 15.4 Å². The van der Waals surface area contributed by atoms with Crippen LogP contribution in [0.25, 0.3) is 0 Å². The normalized spacial score (nSPS) is 10.2. The maximum absolute atomic E-state index is 5.79. The first-order valence-electron chi connectivity index (χ1n) is 5.37. The van der Waals surface area contributed by atoms with Gasteiger partial charge in [0.25, 0.3) is 0 Å². The number of anilines is 2. The molecule has 0 aliphatic rings. The van der Waals surface area contributed by atoms with Crippen molar-refractivity contribution in [3.63, 3.8) is 0 Å². The Morgan fingerprint density at radius 1 is 1.35 bits per heavy atom. The van der Waals surface area contributed by atoms with Crippen molar-refractivity contribution < 1.29 is 4.74 Å². The Balaban J connectivity index is 2.16. The molecule has 0 saturated carbocycles. The van der Waals surface area contributed by atoms with Crippen molar-refractivity contribution in [1.29, 1.82) is 0 Å². The molecule has 0 bridgehead atoms. The predicted octanol–water partition coefficient (Wildman–Crippen LogP) is 2.98. The van der Waals surface area contributed by atoms with Gasteiger partial charge in [0.1, 0.15) is 5.75 Å². The fourth-order valence-electron chi connectivity index (χ4n) is 1.66. The lowest BCUT2D eigenvalue weighted by molar-refractivity contribution is 0.417. The molecular formula is C13H16N2OS. The number of rotatable bonds is 4. The number of hydrogen-bond acceptors (Lipinski definition) is 4. The van der Waals surface area contributed by atoms with E-state index in [-0.39, 0.29) is 0 Å². The van der Waals surface area contributed by atoms with Gasteiger partial charge in [0.05, 0.1) is 19.3 Å². The lowest BCUT2D eigenvalue weighted by atomic mass is 10.2. The molecule has 0 aliphatic heterocycles. The molecule has 0 atom stereocenters. The molecule has 0 aliphatic carbocycles. The van der Waals surface area contributed by atoms with Crippen molar-refractivity contribution >= 4 is 22.7 Å². The Morgan fingerprint density at radius 3 is 2.82 bits per heavy atom. The summed E-state index contributed by atoms with van der Waals surface area (Å²) in [5.41, 5.74) is 7.56. The van der Waals surface area contributed by atoms with Crippen LogP contribution in [0.15, 0.2) is 35.7 Å². The molecule has 0 fully saturated rings. The van der Waals surface area contributed by atoms with Crippen LogP contribution < -0.4 is 15.4 Å². The molecule has 0 radical (unpaired) electrons. The fraction of sp³-hybridized carbons (Fsp3) is 0.231. The van der Waals surface area contributed by atoms with E-state index in [0.29, 0.717) is 5.69 Å². The Morgan fingerprint density at radius 2 is 2.18 bits per heavy atom. The number of nitrogens with two attached hydrogens (primary N) is 1. The van der Waals surface area contributed by atoms with Crippen LogP contribution in [0.4, 0.5) is 11.4 Å². The number of methoxy groups -OCH3 is 1. The minimum atomic E-state index is 0.667. The molecular weight excluding hydrogens is 232 g/mol. The van der Waals surface area contributed by atoms with Gasteiger partial charge in [-0.15, -0.1) is 11.3 Å². The number of hydrogen-bond donors (Lipinski definition) is 1. The maximum Gasteiger partial charge on any atom is 0.143 e. The second-order valence-corrected chi connectivity index (χ2v) is 4.89. The van der Waals surface area contributed by atoms with E-state index in [0.717, 1.165) is 18.0 Å². The van der Waals surface area contributed by atoms with Gasteiger partial charge in [0.15, 0.2) is 0 Å². The maximum atomic E-state index is 5.79. The first-order chi connectivity index (χ1) is 8.20. The first kappa shape index (κ1) is 11.8. The van der Waals surface area contributed by atoms with Crippen LogP contribution in [-0.4, -0.2) is 14.2 Å². The molecule has 1 heterocycles. The van der Waals surface area contributed by atoms with Crippen molar-refractivity contribution in [3.8, 4) is 5.75 Å². The molecule has 1 aromatic heterocycles. The van der Waals surface area contributed by atoms with Gasteiger partial charge in [-0.2, -0.15) is 0 Å². The molecule has 0 unspecified atom stereocenters. The SMILES string of the molecule is COc1cc(N(C)Cc2cccs2)ccc1N. The summed E-state index contributed by atoms with van der Waals surface area (Å²) in [6.07, 6.45) is 0. The Labute approximate surface area is 105 Å². The summed E-state index contributed by atoms with van der Waals surface area (Å²) in [6, 6.07) is 10.0. The lowest BCUT2D eigenvalue weighted by Gasteiger charge is -2.19. The van der Waals surface area contributed by atoms with Crippen LogP contribution in [0.2, 0.25) is 0 Å². The molecule has 0 saturated heterocycles. The Kier molecular flexibility index (Phi) is 3.54. The number of nitrogens with zero attached hydrogens (tertiary/aromatic N) is 1. The monoisotopic (exact) mass is 248 g/mol. The van der Waals surface area contributed by atoms with Gasteiger partial charge in [0, 0.05) is 23.7 Å². The molecule has 17 heavy (non-hydrogen) atoms. The number of benzene rings is 1.